The van der Waals surface area contributed by atoms with Crippen LogP contribution in [-0.2, 0) is 4.79 Å². The summed E-state index contributed by atoms with van der Waals surface area (Å²) < 4.78 is 0.946. The lowest BCUT2D eigenvalue weighted by atomic mass is 9.98. The summed E-state index contributed by atoms with van der Waals surface area (Å²) in [6.45, 7) is 2.08. The van der Waals surface area contributed by atoms with E-state index in [2.05, 4.69) is 26.1 Å². The van der Waals surface area contributed by atoms with Crippen molar-refractivity contribution in [1.29, 1.82) is 0 Å². The fourth-order valence-electron chi connectivity index (χ4n) is 2.40. The maximum Gasteiger partial charge on any atom is 0.238 e. The van der Waals surface area contributed by atoms with Crippen molar-refractivity contribution in [3.63, 3.8) is 0 Å². The van der Waals surface area contributed by atoms with E-state index in [1.165, 1.54) is 0 Å². The molecule has 1 aliphatic rings. The van der Waals surface area contributed by atoms with Gasteiger partial charge in [-0.3, -0.25) is 9.69 Å². The Morgan fingerprint density at radius 1 is 1.55 bits per heavy atom. The number of carbonyl (C=O) groups is 1. The summed E-state index contributed by atoms with van der Waals surface area (Å²) in [7, 11) is 0. The number of hydrogen-bond acceptors (Lipinski definition) is 3. The van der Waals surface area contributed by atoms with Crippen LogP contribution in [0.5, 0.6) is 0 Å². The average Bonchev–Trinajstić information content (AvgIpc) is 2.38. The number of halogens is 1. The van der Waals surface area contributed by atoms with Gasteiger partial charge in [0.2, 0.25) is 5.91 Å². The third-order valence-electron chi connectivity index (χ3n) is 3.38. The van der Waals surface area contributed by atoms with Crippen LogP contribution in [0.4, 0.5) is 5.69 Å². The summed E-state index contributed by atoms with van der Waals surface area (Å²) in [5.41, 5.74) is 6.50. The molecule has 3 N–H and O–H groups in total. The molecule has 4 nitrogen and oxygen atoms in total. The van der Waals surface area contributed by atoms with Crippen molar-refractivity contribution in [1.82, 2.24) is 4.90 Å². The molecule has 1 unspecified atom stereocenters. The lowest BCUT2D eigenvalue weighted by Crippen LogP contribution is -2.43. The first kappa shape index (κ1) is 15.4. The first-order valence-electron chi connectivity index (χ1n) is 6.61. The third-order valence-corrected chi connectivity index (χ3v) is 4.21. The van der Waals surface area contributed by atoms with E-state index < -0.39 is 0 Å². The molecule has 2 rings (SSSR count). The van der Waals surface area contributed by atoms with Gasteiger partial charge in [-0.2, -0.15) is 0 Å². The first-order chi connectivity index (χ1) is 9.54. The van der Waals surface area contributed by atoms with Crippen LogP contribution < -0.4 is 11.1 Å². The molecule has 1 aromatic carbocycles. The molecule has 0 aliphatic carbocycles. The molecule has 0 bridgehead atoms. The SMILES string of the molecule is NC(=S)C1CCCN(CC(=O)Nc2cccc(Br)c2)C1. The van der Waals surface area contributed by atoms with Gasteiger partial charge in [-0.15, -0.1) is 0 Å². The second-order valence-corrected chi connectivity index (χ2v) is 6.42. The molecule has 1 amide bonds. The van der Waals surface area contributed by atoms with Gasteiger partial charge in [-0.1, -0.05) is 34.2 Å². The number of nitrogens with one attached hydrogen (secondary N) is 1. The zero-order chi connectivity index (χ0) is 14.5. The summed E-state index contributed by atoms with van der Waals surface area (Å²) in [6, 6.07) is 7.57. The largest absolute Gasteiger partial charge is 0.393 e. The van der Waals surface area contributed by atoms with Crippen LogP contribution in [0, 0.1) is 5.92 Å². The van der Waals surface area contributed by atoms with Gasteiger partial charge in [0.1, 0.15) is 0 Å². The highest BCUT2D eigenvalue weighted by atomic mass is 79.9. The maximum atomic E-state index is 12.0. The van der Waals surface area contributed by atoms with E-state index in [-0.39, 0.29) is 11.8 Å². The van der Waals surface area contributed by atoms with Crippen LogP contribution in [0.25, 0.3) is 0 Å². The van der Waals surface area contributed by atoms with Gasteiger partial charge in [0.15, 0.2) is 0 Å². The molecule has 1 fully saturated rings. The Balaban J connectivity index is 1.86. The predicted molar refractivity (Wildman–Crippen MR) is 88.7 cm³/mol. The van der Waals surface area contributed by atoms with Crippen LogP contribution in [-0.4, -0.2) is 35.4 Å². The lowest BCUT2D eigenvalue weighted by molar-refractivity contribution is -0.117. The van der Waals surface area contributed by atoms with E-state index in [9.17, 15) is 4.79 Å². The van der Waals surface area contributed by atoms with E-state index in [1.807, 2.05) is 24.3 Å². The molecule has 0 aromatic heterocycles. The number of hydrogen-bond donors (Lipinski definition) is 2. The summed E-state index contributed by atoms with van der Waals surface area (Å²) >= 11 is 8.43. The van der Waals surface area contributed by atoms with Crippen molar-refractivity contribution in [3.8, 4) is 0 Å². The highest BCUT2D eigenvalue weighted by Gasteiger charge is 2.23. The Kier molecular flexibility index (Phi) is 5.51. The smallest absolute Gasteiger partial charge is 0.238 e. The van der Waals surface area contributed by atoms with Gasteiger partial charge >= 0.3 is 0 Å². The Hall–Kier alpha value is -0.980. The van der Waals surface area contributed by atoms with Crippen LogP contribution >= 0.6 is 28.1 Å². The van der Waals surface area contributed by atoms with Gasteiger partial charge in [0.25, 0.3) is 0 Å². The number of nitrogens with zero attached hydrogens (tertiary/aromatic N) is 1. The standard InChI is InChI=1S/C14H18BrN3OS/c15-11-4-1-5-12(7-11)17-13(19)9-18-6-2-3-10(8-18)14(16)20/h1,4-5,7,10H,2-3,6,8-9H2,(H2,16,20)(H,17,19). The van der Waals surface area contributed by atoms with Crippen LogP contribution in [0.3, 0.4) is 0 Å². The quantitative estimate of drug-likeness (QED) is 0.814. The molecule has 6 heteroatoms. The van der Waals surface area contributed by atoms with Gasteiger partial charge in [-0.25, -0.2) is 0 Å². The minimum atomic E-state index is -0.00769. The van der Waals surface area contributed by atoms with Crippen molar-refractivity contribution in [2.24, 2.45) is 11.7 Å². The first-order valence-corrected chi connectivity index (χ1v) is 7.82. The van der Waals surface area contributed by atoms with E-state index in [4.69, 9.17) is 18.0 Å². The minimum Gasteiger partial charge on any atom is -0.393 e. The van der Waals surface area contributed by atoms with Gasteiger partial charge in [-0.05, 0) is 37.6 Å². The fourth-order valence-corrected chi connectivity index (χ4v) is 2.99. The Labute approximate surface area is 132 Å². The number of piperidine rings is 1. The molecule has 0 radical (unpaired) electrons. The molecule has 108 valence electrons. The van der Waals surface area contributed by atoms with Crippen LogP contribution in [0.1, 0.15) is 12.8 Å². The number of benzene rings is 1. The molecule has 1 atom stereocenters. The van der Waals surface area contributed by atoms with Crippen molar-refractivity contribution in [2.45, 2.75) is 12.8 Å². The summed E-state index contributed by atoms with van der Waals surface area (Å²) in [6.07, 6.45) is 2.06. The highest BCUT2D eigenvalue weighted by Crippen LogP contribution is 2.18. The Bertz CT molecular complexity index is 509. The third kappa shape index (κ3) is 4.54. The molecule has 0 saturated carbocycles. The van der Waals surface area contributed by atoms with Crippen molar-refractivity contribution in [3.05, 3.63) is 28.7 Å². The van der Waals surface area contributed by atoms with Crippen molar-refractivity contribution >= 4 is 44.7 Å². The molecule has 1 saturated heterocycles. The molecule has 1 heterocycles. The monoisotopic (exact) mass is 355 g/mol. The van der Waals surface area contributed by atoms with E-state index >= 15 is 0 Å². The fraction of sp³-hybridized carbons (Fsp3) is 0.429. The molecular weight excluding hydrogens is 338 g/mol. The van der Waals surface area contributed by atoms with Gasteiger partial charge in [0.05, 0.1) is 11.5 Å². The minimum absolute atomic E-state index is 0.00769. The second kappa shape index (κ2) is 7.15. The Morgan fingerprint density at radius 2 is 2.35 bits per heavy atom. The normalized spacial score (nSPS) is 19.6. The van der Waals surface area contributed by atoms with E-state index in [0.717, 1.165) is 36.1 Å². The number of rotatable bonds is 4. The summed E-state index contributed by atoms with van der Waals surface area (Å²) in [4.78, 5) is 14.7. The topological polar surface area (TPSA) is 58.4 Å². The predicted octanol–water partition coefficient (Wildman–Crippen LogP) is 2.39. The van der Waals surface area contributed by atoms with Gasteiger partial charge < -0.3 is 11.1 Å². The molecule has 0 spiro atoms. The second-order valence-electron chi connectivity index (χ2n) is 5.04. The number of thiocarbonyl (C=S) groups is 1. The number of amides is 1. The van der Waals surface area contributed by atoms with E-state index in [1.54, 1.807) is 0 Å². The molecule has 1 aliphatic heterocycles. The molecular formula is C14H18BrN3OS. The van der Waals surface area contributed by atoms with Crippen LogP contribution in [0.15, 0.2) is 28.7 Å². The number of carbonyl (C=O) groups excluding carboxylic acids is 1. The number of nitrogens with two attached hydrogens (primary N) is 1. The summed E-state index contributed by atoms with van der Waals surface area (Å²) in [5.74, 6) is 0.226. The molecule has 1 aromatic rings. The van der Waals surface area contributed by atoms with Crippen molar-refractivity contribution in [2.75, 3.05) is 25.0 Å². The van der Waals surface area contributed by atoms with Gasteiger partial charge in [0, 0.05) is 22.6 Å². The highest BCUT2D eigenvalue weighted by molar-refractivity contribution is 9.10. The van der Waals surface area contributed by atoms with E-state index in [0.29, 0.717) is 11.5 Å². The number of likely N-dealkylation sites (tertiary alicyclic amines) is 1. The number of anilines is 1. The lowest BCUT2D eigenvalue weighted by Gasteiger charge is -2.31. The van der Waals surface area contributed by atoms with Crippen molar-refractivity contribution < 1.29 is 4.79 Å². The Morgan fingerprint density at radius 3 is 3.05 bits per heavy atom. The summed E-state index contributed by atoms with van der Waals surface area (Å²) in [5, 5.41) is 2.90. The molecule has 20 heavy (non-hydrogen) atoms. The zero-order valence-corrected chi connectivity index (χ0v) is 13.5. The maximum absolute atomic E-state index is 12.0. The zero-order valence-electron chi connectivity index (χ0n) is 11.1. The average molecular weight is 356 g/mol. The van der Waals surface area contributed by atoms with Crippen LogP contribution in [0.2, 0.25) is 0 Å².